The van der Waals surface area contributed by atoms with E-state index >= 15 is 0 Å². The van der Waals surface area contributed by atoms with Crippen LogP contribution in [0.2, 0.25) is 0 Å². The minimum Gasteiger partial charge on any atom is -0.490 e. The topological polar surface area (TPSA) is 21.3 Å². The van der Waals surface area contributed by atoms with Gasteiger partial charge in [0.15, 0.2) is 0 Å². The number of benzene rings is 2. The predicted octanol–water partition coefficient (Wildman–Crippen LogP) is 4.41. The zero-order chi connectivity index (χ0) is 15.1. The Bertz CT molecular complexity index is 557. The van der Waals surface area contributed by atoms with Gasteiger partial charge in [0.2, 0.25) is 0 Å². The summed E-state index contributed by atoms with van der Waals surface area (Å²) in [5, 5.41) is 3.54. The van der Waals surface area contributed by atoms with Gasteiger partial charge in [-0.05, 0) is 37.1 Å². The van der Waals surface area contributed by atoms with Crippen molar-refractivity contribution in [3.05, 3.63) is 77.9 Å². The van der Waals surface area contributed by atoms with Gasteiger partial charge in [0.05, 0.1) is 0 Å². The largest absolute Gasteiger partial charge is 0.490 e. The van der Waals surface area contributed by atoms with Crippen LogP contribution in [0.25, 0.3) is 0 Å². The van der Waals surface area contributed by atoms with Gasteiger partial charge in [-0.2, -0.15) is 0 Å². The van der Waals surface area contributed by atoms with E-state index in [-0.39, 0.29) is 0 Å². The molecule has 0 aliphatic rings. The molecule has 2 aromatic rings. The summed E-state index contributed by atoms with van der Waals surface area (Å²) >= 11 is 0. The monoisotopic (exact) mass is 281 g/mol. The highest BCUT2D eigenvalue weighted by molar-refractivity contribution is 5.28. The Labute approximate surface area is 127 Å². The first kappa shape index (κ1) is 15.3. The van der Waals surface area contributed by atoms with Crippen LogP contribution in [-0.2, 0) is 6.54 Å². The van der Waals surface area contributed by atoms with Crippen LogP contribution in [-0.4, -0.2) is 6.61 Å². The first-order valence-corrected chi connectivity index (χ1v) is 7.31. The van der Waals surface area contributed by atoms with Crippen molar-refractivity contribution in [2.75, 3.05) is 6.61 Å². The summed E-state index contributed by atoms with van der Waals surface area (Å²) in [7, 11) is 0. The SMILES string of the molecule is C=CCOc1ccc(CNC(C)c2ccc(C)cc2)cc1. The highest BCUT2D eigenvalue weighted by Gasteiger charge is 2.04. The van der Waals surface area contributed by atoms with Gasteiger partial charge in [-0.15, -0.1) is 0 Å². The lowest BCUT2D eigenvalue weighted by Crippen LogP contribution is -2.17. The molecule has 0 aromatic heterocycles. The third-order valence-electron chi connectivity index (χ3n) is 3.48. The van der Waals surface area contributed by atoms with Gasteiger partial charge in [0.1, 0.15) is 12.4 Å². The minimum absolute atomic E-state index is 0.335. The predicted molar refractivity (Wildman–Crippen MR) is 88.6 cm³/mol. The van der Waals surface area contributed by atoms with Crippen molar-refractivity contribution in [2.45, 2.75) is 26.4 Å². The standard InChI is InChI=1S/C19H23NO/c1-4-13-21-19-11-7-17(8-12-19)14-20-16(3)18-9-5-15(2)6-10-18/h4-12,16,20H,1,13-14H2,2-3H3. The van der Waals surface area contributed by atoms with E-state index in [1.165, 1.54) is 16.7 Å². The molecule has 0 spiro atoms. The van der Waals surface area contributed by atoms with Crippen molar-refractivity contribution in [3.63, 3.8) is 0 Å². The molecule has 0 saturated carbocycles. The van der Waals surface area contributed by atoms with E-state index in [1.807, 2.05) is 12.1 Å². The number of hydrogen-bond donors (Lipinski definition) is 1. The molecule has 1 unspecified atom stereocenters. The Hall–Kier alpha value is -2.06. The molecule has 0 amide bonds. The summed E-state index contributed by atoms with van der Waals surface area (Å²) in [6.45, 7) is 9.32. The van der Waals surface area contributed by atoms with Crippen molar-refractivity contribution >= 4 is 0 Å². The molecule has 1 N–H and O–H groups in total. The average molecular weight is 281 g/mol. The maximum absolute atomic E-state index is 5.48. The molecule has 2 nitrogen and oxygen atoms in total. The summed E-state index contributed by atoms with van der Waals surface area (Å²) in [4.78, 5) is 0. The van der Waals surface area contributed by atoms with E-state index in [0.717, 1.165) is 12.3 Å². The van der Waals surface area contributed by atoms with Gasteiger partial charge in [-0.1, -0.05) is 54.6 Å². The van der Waals surface area contributed by atoms with E-state index in [0.29, 0.717) is 12.6 Å². The molecule has 1 atom stereocenters. The maximum Gasteiger partial charge on any atom is 0.119 e. The van der Waals surface area contributed by atoms with Crippen molar-refractivity contribution in [1.82, 2.24) is 5.32 Å². The molecule has 2 rings (SSSR count). The van der Waals surface area contributed by atoms with Crippen LogP contribution < -0.4 is 10.1 Å². The number of aryl methyl sites for hydroxylation is 1. The first-order valence-electron chi connectivity index (χ1n) is 7.31. The molecule has 0 aliphatic carbocycles. The van der Waals surface area contributed by atoms with Crippen molar-refractivity contribution in [1.29, 1.82) is 0 Å². The Morgan fingerprint density at radius 3 is 2.38 bits per heavy atom. The zero-order valence-electron chi connectivity index (χ0n) is 12.8. The summed E-state index contributed by atoms with van der Waals surface area (Å²) in [5.74, 6) is 0.880. The third kappa shape index (κ3) is 4.76. The Morgan fingerprint density at radius 1 is 1.10 bits per heavy atom. The number of ether oxygens (including phenoxy) is 1. The van der Waals surface area contributed by atoms with Crippen LogP contribution in [0.3, 0.4) is 0 Å². The van der Waals surface area contributed by atoms with Crippen LogP contribution in [0.5, 0.6) is 5.75 Å². The summed E-state index contributed by atoms with van der Waals surface area (Å²) in [6, 6.07) is 17.2. The van der Waals surface area contributed by atoms with Crippen LogP contribution in [0.1, 0.15) is 29.7 Å². The highest BCUT2D eigenvalue weighted by Crippen LogP contribution is 2.15. The van der Waals surface area contributed by atoms with E-state index in [9.17, 15) is 0 Å². The van der Waals surface area contributed by atoms with Gasteiger partial charge in [0.25, 0.3) is 0 Å². The van der Waals surface area contributed by atoms with Crippen LogP contribution in [0, 0.1) is 6.92 Å². The van der Waals surface area contributed by atoms with Gasteiger partial charge in [-0.3, -0.25) is 0 Å². The highest BCUT2D eigenvalue weighted by atomic mass is 16.5. The number of hydrogen-bond acceptors (Lipinski definition) is 2. The molecule has 0 fully saturated rings. The zero-order valence-corrected chi connectivity index (χ0v) is 12.8. The Balaban J connectivity index is 1.87. The van der Waals surface area contributed by atoms with E-state index in [1.54, 1.807) is 6.08 Å². The molecule has 0 saturated heterocycles. The molecular weight excluding hydrogens is 258 g/mol. The fraction of sp³-hybridized carbons (Fsp3) is 0.263. The quantitative estimate of drug-likeness (QED) is 0.759. The summed E-state index contributed by atoms with van der Waals surface area (Å²) in [6.07, 6.45) is 1.75. The summed E-state index contributed by atoms with van der Waals surface area (Å²) in [5.41, 5.74) is 3.85. The molecule has 110 valence electrons. The smallest absolute Gasteiger partial charge is 0.119 e. The maximum atomic E-state index is 5.48. The fourth-order valence-corrected chi connectivity index (χ4v) is 2.10. The lowest BCUT2D eigenvalue weighted by atomic mass is 10.1. The van der Waals surface area contributed by atoms with Gasteiger partial charge < -0.3 is 10.1 Å². The normalized spacial score (nSPS) is 11.9. The second-order valence-corrected chi connectivity index (χ2v) is 5.26. The van der Waals surface area contributed by atoms with Crippen molar-refractivity contribution in [3.8, 4) is 5.75 Å². The molecule has 21 heavy (non-hydrogen) atoms. The molecule has 2 heteroatoms. The molecule has 0 heterocycles. The Kier molecular flexibility index (Phi) is 5.59. The lowest BCUT2D eigenvalue weighted by molar-refractivity contribution is 0.363. The Morgan fingerprint density at radius 2 is 1.76 bits per heavy atom. The second-order valence-electron chi connectivity index (χ2n) is 5.26. The fourth-order valence-electron chi connectivity index (χ4n) is 2.10. The van der Waals surface area contributed by atoms with E-state index < -0.39 is 0 Å². The molecule has 0 aliphatic heterocycles. The second kappa shape index (κ2) is 7.65. The number of nitrogens with one attached hydrogen (secondary N) is 1. The van der Waals surface area contributed by atoms with Crippen molar-refractivity contribution < 1.29 is 4.74 Å². The molecule has 0 radical (unpaired) electrons. The molecular formula is C19H23NO. The van der Waals surface area contributed by atoms with E-state index in [2.05, 4.69) is 62.1 Å². The number of rotatable bonds is 7. The van der Waals surface area contributed by atoms with Crippen LogP contribution >= 0.6 is 0 Å². The molecule has 0 bridgehead atoms. The summed E-state index contributed by atoms with van der Waals surface area (Å²) < 4.78 is 5.48. The lowest BCUT2D eigenvalue weighted by Gasteiger charge is -2.15. The molecule has 2 aromatic carbocycles. The average Bonchev–Trinajstić information content (AvgIpc) is 2.52. The third-order valence-corrected chi connectivity index (χ3v) is 3.48. The van der Waals surface area contributed by atoms with Gasteiger partial charge in [-0.25, -0.2) is 0 Å². The van der Waals surface area contributed by atoms with Crippen molar-refractivity contribution in [2.24, 2.45) is 0 Å². The van der Waals surface area contributed by atoms with Crippen LogP contribution in [0.15, 0.2) is 61.2 Å². The van der Waals surface area contributed by atoms with Gasteiger partial charge >= 0.3 is 0 Å². The van der Waals surface area contributed by atoms with E-state index in [4.69, 9.17) is 4.74 Å². The first-order chi connectivity index (χ1) is 10.2. The minimum atomic E-state index is 0.335. The van der Waals surface area contributed by atoms with Gasteiger partial charge in [0, 0.05) is 12.6 Å². The van der Waals surface area contributed by atoms with Crippen LogP contribution in [0.4, 0.5) is 0 Å².